The summed E-state index contributed by atoms with van der Waals surface area (Å²) in [4.78, 5) is 36.0. The molecule has 3 aliphatic rings. The molecule has 5 rings (SSSR count). The molecule has 2 aromatic heterocycles. The molecule has 7 nitrogen and oxygen atoms in total. The molecule has 2 aromatic rings. The minimum atomic E-state index is -0.00427. The summed E-state index contributed by atoms with van der Waals surface area (Å²) >= 11 is 0. The van der Waals surface area contributed by atoms with E-state index in [1.807, 2.05) is 4.57 Å². The number of hydrogen-bond acceptors (Lipinski definition) is 5. The maximum absolute atomic E-state index is 12.9. The van der Waals surface area contributed by atoms with Gasteiger partial charge in [0.05, 0.1) is 5.69 Å². The fourth-order valence-electron chi connectivity index (χ4n) is 5.63. The van der Waals surface area contributed by atoms with E-state index in [1.165, 1.54) is 32.0 Å². The van der Waals surface area contributed by atoms with Gasteiger partial charge in [-0.2, -0.15) is 0 Å². The van der Waals surface area contributed by atoms with Gasteiger partial charge in [-0.25, -0.2) is 9.97 Å². The van der Waals surface area contributed by atoms with Gasteiger partial charge in [-0.15, -0.1) is 0 Å². The Balaban J connectivity index is 1.36. The maximum Gasteiger partial charge on any atom is 0.251 e. The zero-order chi connectivity index (χ0) is 20.7. The zero-order valence-corrected chi connectivity index (χ0v) is 17.3. The van der Waals surface area contributed by atoms with Crippen LogP contribution < -0.4 is 11.3 Å². The van der Waals surface area contributed by atoms with Gasteiger partial charge in [-0.3, -0.25) is 9.59 Å². The summed E-state index contributed by atoms with van der Waals surface area (Å²) < 4.78 is 1.90. The van der Waals surface area contributed by atoms with Crippen LogP contribution in [0.3, 0.4) is 0 Å². The fourth-order valence-corrected chi connectivity index (χ4v) is 5.63. The number of hydrogen-bond donors (Lipinski definition) is 1. The van der Waals surface area contributed by atoms with E-state index in [4.69, 9.17) is 5.73 Å². The highest BCUT2D eigenvalue weighted by Crippen LogP contribution is 2.37. The Bertz CT molecular complexity index is 1010. The Kier molecular flexibility index (Phi) is 5.05. The largest absolute Gasteiger partial charge is 0.384 e. The SMILES string of the molecule is Nc1cc(-c2cc3n(c(=O)c2)C[C@H]2C[C@@H]3CN(C(=O)CCC3CCCC3)C2)ncn1. The van der Waals surface area contributed by atoms with Gasteiger partial charge >= 0.3 is 0 Å². The van der Waals surface area contributed by atoms with Crippen molar-refractivity contribution in [3.63, 3.8) is 0 Å². The van der Waals surface area contributed by atoms with E-state index in [-0.39, 0.29) is 17.4 Å². The number of rotatable bonds is 4. The fraction of sp³-hybridized carbons (Fsp3) is 0.565. The van der Waals surface area contributed by atoms with E-state index in [1.54, 1.807) is 12.1 Å². The molecule has 2 bridgehead atoms. The quantitative estimate of drug-likeness (QED) is 0.841. The molecule has 1 amide bonds. The Hall–Kier alpha value is -2.70. The maximum atomic E-state index is 12.9. The van der Waals surface area contributed by atoms with E-state index in [2.05, 4.69) is 20.9 Å². The van der Waals surface area contributed by atoms with E-state index < -0.39 is 0 Å². The minimum Gasteiger partial charge on any atom is -0.384 e. The van der Waals surface area contributed by atoms with E-state index in [0.29, 0.717) is 36.9 Å². The molecule has 1 saturated carbocycles. The number of fused-ring (bicyclic) bond motifs is 4. The van der Waals surface area contributed by atoms with Gasteiger partial charge in [0.15, 0.2) is 0 Å². The van der Waals surface area contributed by atoms with Gasteiger partial charge in [0.2, 0.25) is 5.91 Å². The van der Waals surface area contributed by atoms with E-state index >= 15 is 0 Å². The average molecular weight is 408 g/mol. The molecule has 30 heavy (non-hydrogen) atoms. The molecule has 1 aliphatic carbocycles. The smallest absolute Gasteiger partial charge is 0.251 e. The zero-order valence-electron chi connectivity index (χ0n) is 17.3. The van der Waals surface area contributed by atoms with Gasteiger partial charge < -0.3 is 15.2 Å². The Labute approximate surface area is 176 Å². The standard InChI is InChI=1S/C23H29N5O2/c24-21-10-19(25-14-26-21)17-8-20-18-7-16(12-28(20)23(30)9-17)11-27(13-18)22(29)6-5-15-3-1-2-4-15/h8-10,14-16,18H,1-7,11-13H2,(H2,24,25,26)/t16-,18+/m0/s1. The topological polar surface area (TPSA) is 94.1 Å². The van der Waals surface area contributed by atoms with Crippen molar-refractivity contribution in [3.05, 3.63) is 40.6 Å². The second-order valence-electron chi connectivity index (χ2n) is 9.23. The predicted molar refractivity (Wildman–Crippen MR) is 115 cm³/mol. The number of nitrogens with zero attached hydrogens (tertiary/aromatic N) is 4. The lowest BCUT2D eigenvalue weighted by molar-refractivity contribution is -0.134. The van der Waals surface area contributed by atoms with Crippen molar-refractivity contribution in [2.75, 3.05) is 18.8 Å². The monoisotopic (exact) mass is 407 g/mol. The number of pyridine rings is 1. The summed E-state index contributed by atoms with van der Waals surface area (Å²) in [6.45, 7) is 2.16. The molecule has 2 fully saturated rings. The molecule has 2 atom stereocenters. The molecule has 0 spiro atoms. The third kappa shape index (κ3) is 3.73. The Morgan fingerprint density at radius 2 is 1.93 bits per heavy atom. The second-order valence-corrected chi connectivity index (χ2v) is 9.23. The van der Waals surface area contributed by atoms with E-state index in [9.17, 15) is 9.59 Å². The van der Waals surface area contributed by atoms with Gasteiger partial charge in [-0.1, -0.05) is 25.7 Å². The van der Waals surface area contributed by atoms with Crippen LogP contribution >= 0.6 is 0 Å². The van der Waals surface area contributed by atoms with Crippen LogP contribution in [0.15, 0.2) is 29.3 Å². The average Bonchev–Trinajstić information content (AvgIpc) is 3.26. The summed E-state index contributed by atoms with van der Waals surface area (Å²) in [7, 11) is 0. The molecule has 2 aliphatic heterocycles. The molecular formula is C23H29N5O2. The van der Waals surface area contributed by atoms with E-state index in [0.717, 1.165) is 36.6 Å². The first-order valence-electron chi connectivity index (χ1n) is 11.2. The summed E-state index contributed by atoms with van der Waals surface area (Å²) in [5.41, 5.74) is 8.23. The molecule has 0 radical (unpaired) electrons. The van der Waals surface area contributed by atoms with Gasteiger partial charge in [0, 0.05) is 55.4 Å². The van der Waals surface area contributed by atoms with Crippen LogP contribution in [-0.2, 0) is 11.3 Å². The summed E-state index contributed by atoms with van der Waals surface area (Å²) in [6.07, 6.45) is 9.34. The highest BCUT2D eigenvalue weighted by atomic mass is 16.2. The summed E-state index contributed by atoms with van der Waals surface area (Å²) in [6, 6.07) is 5.38. The normalized spacial score (nSPS) is 23.4. The van der Waals surface area contributed by atoms with Gasteiger partial charge in [0.1, 0.15) is 12.1 Å². The summed E-state index contributed by atoms with van der Waals surface area (Å²) in [5, 5.41) is 0. The second kappa shape index (κ2) is 7.85. The number of nitrogen functional groups attached to an aromatic ring is 1. The Morgan fingerprint density at radius 1 is 1.10 bits per heavy atom. The highest BCUT2D eigenvalue weighted by molar-refractivity contribution is 5.76. The number of carbonyl (C=O) groups excluding carboxylic acids is 1. The lowest BCUT2D eigenvalue weighted by atomic mass is 9.82. The van der Waals surface area contributed by atoms with Crippen LogP contribution in [0, 0.1) is 11.8 Å². The van der Waals surface area contributed by atoms with Gasteiger partial charge in [0.25, 0.3) is 5.56 Å². The van der Waals surface area contributed by atoms with Crippen molar-refractivity contribution in [1.29, 1.82) is 0 Å². The predicted octanol–water partition coefficient (Wildman–Crippen LogP) is 2.80. The van der Waals surface area contributed by atoms with Gasteiger partial charge in [-0.05, 0) is 30.7 Å². The first kappa shape index (κ1) is 19.3. The lowest BCUT2D eigenvalue weighted by Gasteiger charge is -2.43. The molecular weight excluding hydrogens is 378 g/mol. The van der Waals surface area contributed by atoms with Crippen molar-refractivity contribution < 1.29 is 4.79 Å². The molecule has 4 heterocycles. The number of likely N-dealkylation sites (tertiary alicyclic amines) is 1. The molecule has 1 saturated heterocycles. The lowest BCUT2D eigenvalue weighted by Crippen LogP contribution is -2.49. The molecule has 2 N–H and O–H groups in total. The molecule has 7 heteroatoms. The van der Waals surface area contributed by atoms with Crippen molar-refractivity contribution in [2.45, 2.75) is 57.4 Å². The van der Waals surface area contributed by atoms with Crippen LogP contribution in [0.4, 0.5) is 5.82 Å². The highest BCUT2D eigenvalue weighted by Gasteiger charge is 2.36. The minimum absolute atomic E-state index is 0.00427. The molecule has 0 aromatic carbocycles. The molecule has 158 valence electrons. The van der Waals surface area contributed by atoms with Crippen LogP contribution in [0.5, 0.6) is 0 Å². The third-order valence-corrected chi connectivity index (χ3v) is 7.13. The number of carbonyl (C=O) groups is 1. The number of amides is 1. The Morgan fingerprint density at radius 3 is 2.73 bits per heavy atom. The van der Waals surface area contributed by atoms with Crippen LogP contribution in [0.2, 0.25) is 0 Å². The van der Waals surface area contributed by atoms with Crippen LogP contribution in [0.25, 0.3) is 11.3 Å². The number of piperidine rings is 1. The number of anilines is 1. The first-order chi connectivity index (χ1) is 14.6. The number of nitrogens with two attached hydrogens (primary N) is 1. The van der Waals surface area contributed by atoms with Crippen molar-refractivity contribution in [2.24, 2.45) is 11.8 Å². The summed E-state index contributed by atoms with van der Waals surface area (Å²) in [5.74, 6) is 1.95. The third-order valence-electron chi connectivity index (χ3n) is 7.13. The van der Waals surface area contributed by atoms with Crippen molar-refractivity contribution in [1.82, 2.24) is 19.4 Å². The molecule has 0 unspecified atom stereocenters. The number of aromatic nitrogens is 3. The van der Waals surface area contributed by atoms with Crippen LogP contribution in [-0.4, -0.2) is 38.4 Å². The first-order valence-corrected chi connectivity index (χ1v) is 11.2. The van der Waals surface area contributed by atoms with Crippen LogP contribution in [0.1, 0.15) is 56.6 Å². The van der Waals surface area contributed by atoms with Crippen molar-refractivity contribution in [3.8, 4) is 11.3 Å². The van der Waals surface area contributed by atoms with Crippen molar-refractivity contribution >= 4 is 11.7 Å².